The zero-order chi connectivity index (χ0) is 15.9. The first-order valence-corrected chi connectivity index (χ1v) is 8.11. The molecule has 1 aromatic heterocycles. The minimum Gasteiger partial charge on any atom is -0.492 e. The summed E-state index contributed by atoms with van der Waals surface area (Å²) in [6.07, 6.45) is 4.01. The minimum absolute atomic E-state index is 0.0710. The predicted molar refractivity (Wildman–Crippen MR) is 88.2 cm³/mol. The number of benzene rings is 1. The van der Waals surface area contributed by atoms with Crippen molar-refractivity contribution in [2.45, 2.75) is 25.5 Å². The Morgan fingerprint density at radius 1 is 1.26 bits per heavy atom. The molecule has 0 saturated carbocycles. The third-order valence-corrected chi connectivity index (χ3v) is 3.87. The first-order chi connectivity index (χ1) is 11.3. The molecule has 0 radical (unpaired) electrons. The lowest BCUT2D eigenvalue weighted by Crippen LogP contribution is -2.24. The Kier molecular flexibility index (Phi) is 5.56. The number of rotatable bonds is 7. The molecule has 2 heterocycles. The number of likely N-dealkylation sites (N-methyl/N-ethyl adjacent to an activating group) is 1. The lowest BCUT2D eigenvalue weighted by atomic mass is 10.2. The molecule has 3 rings (SSSR count). The van der Waals surface area contributed by atoms with Gasteiger partial charge in [-0.2, -0.15) is 0 Å². The molecule has 2 aromatic rings. The Balaban J connectivity index is 1.47. The number of hydrogen-bond acceptors (Lipinski definition) is 5. The zero-order valence-corrected chi connectivity index (χ0v) is 13.5. The molecule has 0 N–H and O–H groups in total. The van der Waals surface area contributed by atoms with Gasteiger partial charge in [0.05, 0.1) is 5.69 Å². The van der Waals surface area contributed by atoms with Crippen LogP contribution in [0.25, 0.3) is 0 Å². The monoisotopic (exact) mass is 313 g/mol. The van der Waals surface area contributed by atoms with E-state index in [9.17, 15) is 0 Å². The average Bonchev–Trinajstić information content (AvgIpc) is 3.11. The molecule has 0 bridgehead atoms. The summed E-state index contributed by atoms with van der Waals surface area (Å²) in [5.74, 6) is 1.72. The van der Waals surface area contributed by atoms with E-state index in [1.54, 1.807) is 0 Å². The van der Waals surface area contributed by atoms with Crippen molar-refractivity contribution in [3.8, 4) is 5.75 Å². The van der Waals surface area contributed by atoms with Crippen LogP contribution in [0, 0.1) is 0 Å². The molecule has 0 spiro atoms. The van der Waals surface area contributed by atoms with E-state index < -0.39 is 0 Å². The summed E-state index contributed by atoms with van der Waals surface area (Å²) in [4.78, 5) is 11.2. The topological polar surface area (TPSA) is 47.5 Å². The number of ether oxygens (including phenoxy) is 2. The van der Waals surface area contributed by atoms with Crippen LogP contribution in [0.3, 0.4) is 0 Å². The molecule has 0 amide bonds. The van der Waals surface area contributed by atoms with E-state index in [0.29, 0.717) is 6.61 Å². The van der Waals surface area contributed by atoms with Crippen LogP contribution in [-0.2, 0) is 11.3 Å². The van der Waals surface area contributed by atoms with Crippen LogP contribution in [0.2, 0.25) is 0 Å². The maximum Gasteiger partial charge on any atom is 0.157 e. The van der Waals surface area contributed by atoms with E-state index in [1.165, 1.54) is 0 Å². The molecule has 1 aromatic carbocycles. The Labute approximate surface area is 137 Å². The number of hydrogen-bond donors (Lipinski definition) is 0. The van der Waals surface area contributed by atoms with Gasteiger partial charge in [-0.15, -0.1) is 0 Å². The van der Waals surface area contributed by atoms with Crippen LogP contribution < -0.4 is 4.74 Å². The van der Waals surface area contributed by atoms with Gasteiger partial charge in [0.25, 0.3) is 0 Å². The van der Waals surface area contributed by atoms with Crippen molar-refractivity contribution in [2.75, 3.05) is 26.8 Å². The standard InChI is InChI=1S/C18H23N3O2/c1-21(11-13-22-16-6-3-2-4-7-16)14-15-9-10-19-18(20-15)17-8-5-12-23-17/h2-4,6-7,9-10,17H,5,8,11-14H2,1H3/t17-/m0/s1. The highest BCUT2D eigenvalue weighted by Gasteiger charge is 2.20. The minimum atomic E-state index is 0.0710. The fourth-order valence-corrected chi connectivity index (χ4v) is 2.63. The van der Waals surface area contributed by atoms with Crippen molar-refractivity contribution < 1.29 is 9.47 Å². The summed E-state index contributed by atoms with van der Waals surface area (Å²) in [6.45, 7) is 3.09. The molecule has 0 unspecified atom stereocenters. The van der Waals surface area contributed by atoms with E-state index >= 15 is 0 Å². The van der Waals surface area contributed by atoms with E-state index in [-0.39, 0.29) is 6.10 Å². The molecular formula is C18H23N3O2. The van der Waals surface area contributed by atoms with Gasteiger partial charge >= 0.3 is 0 Å². The summed E-state index contributed by atoms with van der Waals surface area (Å²) >= 11 is 0. The number of nitrogens with zero attached hydrogens (tertiary/aromatic N) is 3. The highest BCUT2D eigenvalue weighted by Crippen LogP contribution is 2.25. The molecule has 5 heteroatoms. The van der Waals surface area contributed by atoms with Crippen LogP contribution in [0.4, 0.5) is 0 Å². The van der Waals surface area contributed by atoms with E-state index in [2.05, 4.69) is 21.9 Å². The summed E-state index contributed by atoms with van der Waals surface area (Å²) in [6, 6.07) is 11.8. The van der Waals surface area contributed by atoms with Crippen molar-refractivity contribution in [1.29, 1.82) is 0 Å². The lowest BCUT2D eigenvalue weighted by Gasteiger charge is -2.17. The van der Waals surface area contributed by atoms with Gasteiger partial charge in [-0.25, -0.2) is 9.97 Å². The first kappa shape index (κ1) is 15.9. The molecule has 1 saturated heterocycles. The molecule has 5 nitrogen and oxygen atoms in total. The van der Waals surface area contributed by atoms with Crippen LogP contribution in [0.1, 0.15) is 30.5 Å². The fourth-order valence-electron chi connectivity index (χ4n) is 2.63. The fraction of sp³-hybridized carbons (Fsp3) is 0.444. The van der Waals surface area contributed by atoms with Gasteiger partial charge in [-0.1, -0.05) is 18.2 Å². The Hall–Kier alpha value is -1.98. The van der Waals surface area contributed by atoms with Crippen molar-refractivity contribution in [1.82, 2.24) is 14.9 Å². The summed E-state index contributed by atoms with van der Waals surface area (Å²) < 4.78 is 11.4. The van der Waals surface area contributed by atoms with Crippen molar-refractivity contribution in [3.05, 3.63) is 54.1 Å². The van der Waals surface area contributed by atoms with Gasteiger partial charge in [0.1, 0.15) is 18.5 Å². The molecule has 1 fully saturated rings. The second-order valence-electron chi connectivity index (χ2n) is 5.81. The Bertz CT molecular complexity index is 600. The molecular weight excluding hydrogens is 290 g/mol. The summed E-state index contributed by atoms with van der Waals surface area (Å²) in [5, 5.41) is 0. The van der Waals surface area contributed by atoms with Gasteiger partial charge in [0.2, 0.25) is 0 Å². The van der Waals surface area contributed by atoms with Gasteiger partial charge in [-0.3, -0.25) is 4.90 Å². The first-order valence-electron chi connectivity index (χ1n) is 8.11. The second-order valence-corrected chi connectivity index (χ2v) is 5.81. The number of aromatic nitrogens is 2. The van der Waals surface area contributed by atoms with Gasteiger partial charge in [0.15, 0.2) is 5.82 Å². The van der Waals surface area contributed by atoms with E-state index in [0.717, 1.165) is 49.8 Å². The third kappa shape index (κ3) is 4.74. The van der Waals surface area contributed by atoms with E-state index in [4.69, 9.17) is 9.47 Å². The molecule has 1 atom stereocenters. The zero-order valence-electron chi connectivity index (χ0n) is 13.5. The molecule has 1 aliphatic rings. The smallest absolute Gasteiger partial charge is 0.157 e. The third-order valence-electron chi connectivity index (χ3n) is 3.87. The largest absolute Gasteiger partial charge is 0.492 e. The van der Waals surface area contributed by atoms with Crippen molar-refractivity contribution in [2.24, 2.45) is 0 Å². The van der Waals surface area contributed by atoms with Crippen molar-refractivity contribution in [3.63, 3.8) is 0 Å². The van der Waals surface area contributed by atoms with Crippen molar-refractivity contribution >= 4 is 0 Å². The van der Waals surface area contributed by atoms with Crippen LogP contribution in [-0.4, -0.2) is 41.7 Å². The molecule has 0 aliphatic carbocycles. The average molecular weight is 313 g/mol. The summed E-state index contributed by atoms with van der Waals surface area (Å²) in [5.41, 5.74) is 1.02. The summed E-state index contributed by atoms with van der Waals surface area (Å²) in [7, 11) is 2.07. The Morgan fingerprint density at radius 2 is 2.13 bits per heavy atom. The SMILES string of the molecule is CN(CCOc1ccccc1)Cc1ccnc([C@@H]2CCCO2)n1. The van der Waals surface area contributed by atoms with Crippen LogP contribution in [0.5, 0.6) is 5.75 Å². The molecule has 122 valence electrons. The number of para-hydroxylation sites is 1. The Morgan fingerprint density at radius 3 is 2.91 bits per heavy atom. The predicted octanol–water partition coefficient (Wildman–Crippen LogP) is 2.84. The molecule has 23 heavy (non-hydrogen) atoms. The van der Waals surface area contributed by atoms with E-state index in [1.807, 2.05) is 42.6 Å². The van der Waals surface area contributed by atoms with Gasteiger partial charge < -0.3 is 9.47 Å². The lowest BCUT2D eigenvalue weighted by molar-refractivity contribution is 0.104. The maximum atomic E-state index is 5.72. The normalized spacial score (nSPS) is 17.6. The quantitative estimate of drug-likeness (QED) is 0.786. The second kappa shape index (κ2) is 8.04. The van der Waals surface area contributed by atoms with Crippen LogP contribution in [0.15, 0.2) is 42.6 Å². The van der Waals surface area contributed by atoms with Crippen LogP contribution >= 0.6 is 0 Å². The van der Waals surface area contributed by atoms with Gasteiger partial charge in [-0.05, 0) is 38.1 Å². The molecule has 1 aliphatic heterocycles. The van der Waals surface area contributed by atoms with Gasteiger partial charge in [0, 0.05) is 25.9 Å². The highest BCUT2D eigenvalue weighted by molar-refractivity contribution is 5.20. The highest BCUT2D eigenvalue weighted by atomic mass is 16.5. The maximum absolute atomic E-state index is 5.72.